The summed E-state index contributed by atoms with van der Waals surface area (Å²) >= 11 is 0. The van der Waals surface area contributed by atoms with Gasteiger partial charge in [0.15, 0.2) is 0 Å². The minimum atomic E-state index is -0.969. The molecule has 2 aliphatic carbocycles. The first-order valence-electron chi connectivity index (χ1n) is 11.3. The van der Waals surface area contributed by atoms with Gasteiger partial charge in [-0.05, 0) is 67.1 Å². The summed E-state index contributed by atoms with van der Waals surface area (Å²) in [5.74, 6) is 0.658. The zero-order chi connectivity index (χ0) is 21.2. The highest BCUT2D eigenvalue weighted by Crippen LogP contribution is 2.51. The maximum Gasteiger partial charge on any atom is 0.149 e. The van der Waals surface area contributed by atoms with Gasteiger partial charge in [0.1, 0.15) is 17.1 Å². The fraction of sp³-hybridized carbons (Fsp3) is 0.423. The van der Waals surface area contributed by atoms with Crippen LogP contribution in [0.2, 0.25) is 0 Å². The maximum absolute atomic E-state index is 14.5. The summed E-state index contributed by atoms with van der Waals surface area (Å²) < 4.78 is 14.5. The van der Waals surface area contributed by atoms with Crippen LogP contribution in [0.25, 0.3) is 10.9 Å². The van der Waals surface area contributed by atoms with Crippen molar-refractivity contribution >= 4 is 10.9 Å². The van der Waals surface area contributed by atoms with Crippen molar-refractivity contribution in [3.8, 4) is 5.75 Å². The molecular weight excluding hydrogens is 391 g/mol. The second-order valence-corrected chi connectivity index (χ2v) is 9.85. The summed E-state index contributed by atoms with van der Waals surface area (Å²) in [6, 6.07) is 14.3. The van der Waals surface area contributed by atoms with Crippen LogP contribution in [-0.2, 0) is 18.3 Å². The summed E-state index contributed by atoms with van der Waals surface area (Å²) in [5.41, 5.74) is 1.69. The average Bonchev–Trinajstić information content (AvgIpc) is 3.55. The molecule has 1 saturated heterocycles. The van der Waals surface area contributed by atoms with Gasteiger partial charge in [-0.3, -0.25) is 0 Å². The first-order valence-corrected chi connectivity index (χ1v) is 11.3. The van der Waals surface area contributed by atoms with Crippen LogP contribution in [0.1, 0.15) is 36.1 Å². The number of fused-ring (bicyclic) bond motifs is 3. The Labute approximate surface area is 181 Å². The molecule has 3 aromatic rings. The van der Waals surface area contributed by atoms with E-state index in [0.29, 0.717) is 24.9 Å². The maximum atomic E-state index is 14.5. The number of phenolic OH excluding ortho intramolecular Hbond substituents is 1. The molecule has 2 heterocycles. The van der Waals surface area contributed by atoms with E-state index in [0.717, 1.165) is 47.6 Å². The number of β-amino-alcohol motifs (C(OH)–C–C–N with tert-alkyl or cyclic N) is 1. The van der Waals surface area contributed by atoms with E-state index in [2.05, 4.69) is 4.90 Å². The van der Waals surface area contributed by atoms with Crippen LogP contribution in [0.5, 0.6) is 5.75 Å². The van der Waals surface area contributed by atoms with Crippen molar-refractivity contribution in [2.45, 2.75) is 43.1 Å². The molecule has 1 aliphatic heterocycles. The summed E-state index contributed by atoms with van der Waals surface area (Å²) in [5, 5.41) is 23.2. The van der Waals surface area contributed by atoms with Gasteiger partial charge in [0.25, 0.3) is 0 Å². The monoisotopic (exact) mass is 418 g/mol. The number of halogens is 1. The van der Waals surface area contributed by atoms with E-state index < -0.39 is 11.0 Å². The lowest BCUT2D eigenvalue weighted by molar-refractivity contribution is -0.104. The molecule has 0 amide bonds. The molecule has 1 saturated carbocycles. The fourth-order valence-corrected chi connectivity index (χ4v) is 5.95. The molecule has 2 aromatic carbocycles. The second kappa shape index (κ2) is 6.75. The molecule has 160 valence electrons. The molecule has 5 heteroatoms. The van der Waals surface area contributed by atoms with Crippen molar-refractivity contribution in [3.63, 3.8) is 0 Å². The van der Waals surface area contributed by atoms with Crippen LogP contribution in [0.4, 0.5) is 4.39 Å². The normalized spacial score (nSPS) is 28.3. The van der Waals surface area contributed by atoms with E-state index in [1.807, 2.05) is 24.3 Å². The van der Waals surface area contributed by atoms with Gasteiger partial charge in [-0.2, -0.15) is 0 Å². The Kier molecular flexibility index (Phi) is 4.18. The second-order valence-electron chi connectivity index (χ2n) is 9.85. The number of para-hydroxylation sites is 1. The number of hydrogen-bond donors (Lipinski definition) is 2. The highest BCUT2D eigenvalue weighted by Gasteiger charge is 2.57. The Balaban J connectivity index is 1.49. The molecule has 2 fully saturated rings. The van der Waals surface area contributed by atoms with Crippen LogP contribution in [-0.4, -0.2) is 45.3 Å². The van der Waals surface area contributed by atoms with E-state index in [9.17, 15) is 14.6 Å². The van der Waals surface area contributed by atoms with Crippen molar-refractivity contribution in [1.29, 1.82) is 0 Å². The zero-order valence-electron chi connectivity index (χ0n) is 17.5. The smallest absolute Gasteiger partial charge is 0.149 e. The van der Waals surface area contributed by atoms with E-state index >= 15 is 0 Å². The third-order valence-electron chi connectivity index (χ3n) is 7.76. The van der Waals surface area contributed by atoms with Gasteiger partial charge < -0.3 is 15.1 Å². The number of rotatable bonds is 3. The number of benzene rings is 2. The van der Waals surface area contributed by atoms with Gasteiger partial charge in [-0.1, -0.05) is 24.3 Å². The minimum Gasteiger partial charge on any atom is -0.508 e. The number of phenols is 1. The molecule has 4 nitrogen and oxygen atoms in total. The molecule has 31 heavy (non-hydrogen) atoms. The van der Waals surface area contributed by atoms with Gasteiger partial charge in [0.05, 0.1) is 5.60 Å². The first-order chi connectivity index (χ1) is 15.0. The van der Waals surface area contributed by atoms with Crippen molar-refractivity contribution in [2.75, 3.05) is 19.6 Å². The van der Waals surface area contributed by atoms with E-state index in [4.69, 9.17) is 4.98 Å². The van der Waals surface area contributed by atoms with Gasteiger partial charge in [0.2, 0.25) is 0 Å². The number of hydrogen-bond acceptors (Lipinski definition) is 4. The lowest BCUT2D eigenvalue weighted by Gasteiger charge is -2.56. The molecule has 0 bridgehead atoms. The van der Waals surface area contributed by atoms with Crippen molar-refractivity contribution < 1.29 is 14.6 Å². The molecular formula is C26H27FN2O2. The SMILES string of the molecule is Oc1cccc([C@@]23CCN(CC4CC4)C[C@@]2(O)Cc2cc4cccc(F)c4nc2C3)c1. The van der Waals surface area contributed by atoms with Crippen LogP contribution in [0.3, 0.4) is 0 Å². The standard InChI is InChI=1S/C26H27FN2O2/c27-22-6-1-3-18-11-19-13-26(31)16-29(15-17-7-8-17)10-9-25(26,14-23(19)28-24(18)22)20-4-2-5-21(30)12-20/h1-6,11-12,17,30-31H,7-10,13-16H2/t25-,26-/m0/s1. The predicted molar refractivity (Wildman–Crippen MR) is 118 cm³/mol. The van der Waals surface area contributed by atoms with Gasteiger partial charge >= 0.3 is 0 Å². The largest absolute Gasteiger partial charge is 0.508 e. The highest BCUT2D eigenvalue weighted by atomic mass is 19.1. The topological polar surface area (TPSA) is 56.6 Å². The Morgan fingerprint density at radius 3 is 2.74 bits per heavy atom. The number of aromatic nitrogens is 1. The molecule has 1 aromatic heterocycles. The Hall–Kier alpha value is -2.50. The number of pyridine rings is 1. The first kappa shape index (κ1) is 19.2. The fourth-order valence-electron chi connectivity index (χ4n) is 5.95. The Morgan fingerprint density at radius 1 is 1.10 bits per heavy atom. The molecule has 2 N–H and O–H groups in total. The summed E-state index contributed by atoms with van der Waals surface area (Å²) in [4.78, 5) is 7.16. The van der Waals surface area contributed by atoms with Crippen LogP contribution < -0.4 is 0 Å². The number of likely N-dealkylation sites (tertiary alicyclic amines) is 1. The predicted octanol–water partition coefficient (Wildman–Crippen LogP) is 3.96. The van der Waals surface area contributed by atoms with Crippen molar-refractivity contribution in [3.05, 3.63) is 71.2 Å². The summed E-state index contributed by atoms with van der Waals surface area (Å²) in [7, 11) is 0. The zero-order valence-corrected chi connectivity index (χ0v) is 17.5. The van der Waals surface area contributed by atoms with E-state index in [1.54, 1.807) is 18.2 Å². The van der Waals surface area contributed by atoms with Crippen molar-refractivity contribution in [1.82, 2.24) is 9.88 Å². The van der Waals surface area contributed by atoms with Gasteiger partial charge in [0, 0.05) is 42.4 Å². The number of aliphatic hydroxyl groups is 1. The number of piperidine rings is 1. The molecule has 2 atom stereocenters. The quantitative estimate of drug-likeness (QED) is 0.676. The minimum absolute atomic E-state index is 0.206. The molecule has 0 radical (unpaired) electrons. The van der Waals surface area contributed by atoms with Gasteiger partial charge in [-0.25, -0.2) is 9.37 Å². The third kappa shape index (κ3) is 3.06. The average molecular weight is 419 g/mol. The summed E-state index contributed by atoms with van der Waals surface area (Å²) in [6.07, 6.45) is 4.40. The van der Waals surface area contributed by atoms with Crippen molar-refractivity contribution in [2.24, 2.45) is 5.92 Å². The molecule has 3 aliphatic rings. The Bertz CT molecular complexity index is 1180. The molecule has 6 rings (SSSR count). The molecule has 0 spiro atoms. The number of aromatic hydroxyl groups is 1. The Morgan fingerprint density at radius 2 is 1.94 bits per heavy atom. The lowest BCUT2D eigenvalue weighted by Crippen LogP contribution is -2.66. The van der Waals surface area contributed by atoms with Crippen LogP contribution in [0, 0.1) is 11.7 Å². The van der Waals surface area contributed by atoms with Crippen LogP contribution in [0.15, 0.2) is 48.5 Å². The molecule has 0 unspecified atom stereocenters. The van der Waals surface area contributed by atoms with E-state index in [-0.39, 0.29) is 11.6 Å². The summed E-state index contributed by atoms with van der Waals surface area (Å²) in [6.45, 7) is 2.57. The third-order valence-corrected chi connectivity index (χ3v) is 7.76. The lowest BCUT2D eigenvalue weighted by atomic mass is 9.56. The number of nitrogens with zero attached hydrogens (tertiary/aromatic N) is 2. The van der Waals surface area contributed by atoms with E-state index in [1.165, 1.54) is 18.9 Å². The van der Waals surface area contributed by atoms with Gasteiger partial charge in [-0.15, -0.1) is 0 Å². The van der Waals surface area contributed by atoms with Crippen LogP contribution >= 0.6 is 0 Å². The highest BCUT2D eigenvalue weighted by molar-refractivity contribution is 5.80.